The molecule has 0 aromatic heterocycles. The van der Waals surface area contributed by atoms with E-state index in [4.69, 9.17) is 9.47 Å². The number of benzene rings is 1. The first kappa shape index (κ1) is 19.2. The Morgan fingerprint density at radius 1 is 0.826 bits per heavy atom. The molecule has 0 saturated heterocycles. The third kappa shape index (κ3) is 10.5. The van der Waals surface area contributed by atoms with Gasteiger partial charge in [0, 0.05) is 12.8 Å². The molecule has 4 heteroatoms. The van der Waals surface area contributed by atoms with Crippen LogP contribution in [0.1, 0.15) is 63.9 Å². The minimum atomic E-state index is -0.159. The van der Waals surface area contributed by atoms with Gasteiger partial charge in [-0.25, -0.2) is 0 Å². The van der Waals surface area contributed by atoms with Crippen molar-refractivity contribution in [1.82, 2.24) is 0 Å². The Bertz CT molecular complexity index is 442. The zero-order valence-electron chi connectivity index (χ0n) is 14.1. The largest absolute Gasteiger partial charge is 0.466 e. The molecule has 0 aliphatic carbocycles. The molecule has 0 heterocycles. The molecule has 0 aliphatic heterocycles. The summed E-state index contributed by atoms with van der Waals surface area (Å²) < 4.78 is 10.3. The molecule has 128 valence electrons. The molecule has 0 unspecified atom stereocenters. The van der Waals surface area contributed by atoms with Crippen LogP contribution in [-0.4, -0.2) is 18.5 Å². The van der Waals surface area contributed by atoms with Crippen LogP contribution in [0.25, 0.3) is 0 Å². The smallest absolute Gasteiger partial charge is 0.306 e. The van der Waals surface area contributed by atoms with Crippen molar-refractivity contribution in [2.75, 3.05) is 6.61 Å². The van der Waals surface area contributed by atoms with Crippen molar-refractivity contribution in [2.45, 2.75) is 64.9 Å². The number of hydrogen-bond donors (Lipinski definition) is 0. The van der Waals surface area contributed by atoms with Crippen LogP contribution < -0.4 is 0 Å². The van der Waals surface area contributed by atoms with Crippen LogP contribution in [0, 0.1) is 0 Å². The molecule has 0 aliphatic rings. The van der Waals surface area contributed by atoms with Gasteiger partial charge in [-0.05, 0) is 24.8 Å². The minimum Gasteiger partial charge on any atom is -0.466 e. The Morgan fingerprint density at radius 3 is 2.04 bits per heavy atom. The molecule has 0 bridgehead atoms. The molecule has 1 rings (SSSR count). The van der Waals surface area contributed by atoms with Crippen molar-refractivity contribution >= 4 is 11.9 Å². The fourth-order valence-corrected chi connectivity index (χ4v) is 2.10. The Balaban J connectivity index is 1.94. The highest BCUT2D eigenvalue weighted by Gasteiger charge is 2.05. The maximum atomic E-state index is 11.6. The van der Waals surface area contributed by atoms with Crippen molar-refractivity contribution in [1.29, 1.82) is 0 Å². The quantitative estimate of drug-likeness (QED) is 0.423. The Hall–Kier alpha value is -1.84. The Morgan fingerprint density at radius 2 is 1.43 bits per heavy atom. The van der Waals surface area contributed by atoms with Gasteiger partial charge in [0.25, 0.3) is 0 Å². The summed E-state index contributed by atoms with van der Waals surface area (Å²) in [7, 11) is 0. The highest BCUT2D eigenvalue weighted by molar-refractivity contribution is 5.69. The van der Waals surface area contributed by atoms with Gasteiger partial charge in [-0.3, -0.25) is 9.59 Å². The molecule has 1 aromatic carbocycles. The predicted octanol–water partition coefficient (Wildman–Crippen LogP) is 4.41. The molecule has 0 fully saturated rings. The van der Waals surface area contributed by atoms with E-state index in [0.29, 0.717) is 26.1 Å². The van der Waals surface area contributed by atoms with E-state index in [9.17, 15) is 9.59 Å². The monoisotopic (exact) mass is 320 g/mol. The van der Waals surface area contributed by atoms with Gasteiger partial charge in [0.15, 0.2) is 0 Å². The molecular weight excluding hydrogens is 292 g/mol. The molecular formula is C19H28O4. The average Bonchev–Trinajstić information content (AvgIpc) is 2.57. The summed E-state index contributed by atoms with van der Waals surface area (Å²) in [5.74, 6) is -0.270. The lowest BCUT2D eigenvalue weighted by Crippen LogP contribution is -2.06. The van der Waals surface area contributed by atoms with Crippen molar-refractivity contribution < 1.29 is 19.1 Å². The van der Waals surface area contributed by atoms with E-state index in [1.807, 2.05) is 30.3 Å². The van der Waals surface area contributed by atoms with Gasteiger partial charge in [0.1, 0.15) is 6.61 Å². The molecule has 0 radical (unpaired) electrons. The van der Waals surface area contributed by atoms with E-state index in [0.717, 1.165) is 44.1 Å². The first-order valence-electron chi connectivity index (χ1n) is 8.57. The van der Waals surface area contributed by atoms with E-state index < -0.39 is 0 Å². The Labute approximate surface area is 139 Å². The summed E-state index contributed by atoms with van der Waals surface area (Å²) in [4.78, 5) is 23.0. The zero-order valence-corrected chi connectivity index (χ0v) is 14.1. The number of carbonyl (C=O) groups excluding carboxylic acids is 2. The van der Waals surface area contributed by atoms with Gasteiger partial charge in [-0.15, -0.1) is 0 Å². The molecule has 23 heavy (non-hydrogen) atoms. The van der Waals surface area contributed by atoms with E-state index >= 15 is 0 Å². The van der Waals surface area contributed by atoms with Crippen LogP contribution >= 0.6 is 0 Å². The van der Waals surface area contributed by atoms with Gasteiger partial charge in [0.2, 0.25) is 0 Å². The maximum absolute atomic E-state index is 11.6. The summed E-state index contributed by atoms with van der Waals surface area (Å²) in [6.45, 7) is 2.94. The highest BCUT2D eigenvalue weighted by Crippen LogP contribution is 2.08. The molecule has 0 amide bonds. The lowest BCUT2D eigenvalue weighted by atomic mass is 10.1. The van der Waals surface area contributed by atoms with E-state index in [1.165, 1.54) is 0 Å². The summed E-state index contributed by atoms with van der Waals surface area (Å²) in [6, 6.07) is 9.66. The highest BCUT2D eigenvalue weighted by atomic mass is 16.5. The van der Waals surface area contributed by atoms with Gasteiger partial charge < -0.3 is 9.47 Å². The minimum absolute atomic E-state index is 0.110. The number of rotatable bonds is 12. The number of carbonyl (C=O) groups is 2. The maximum Gasteiger partial charge on any atom is 0.306 e. The first-order chi connectivity index (χ1) is 11.2. The molecule has 0 atom stereocenters. The fourth-order valence-electron chi connectivity index (χ4n) is 2.10. The van der Waals surface area contributed by atoms with E-state index in [2.05, 4.69) is 6.92 Å². The summed E-state index contributed by atoms with van der Waals surface area (Å²) in [5.41, 5.74) is 1.00. The van der Waals surface area contributed by atoms with Crippen LogP contribution in [0.5, 0.6) is 0 Å². The molecule has 0 saturated carbocycles. The fraction of sp³-hybridized carbons (Fsp3) is 0.579. The van der Waals surface area contributed by atoms with Crippen molar-refractivity contribution in [2.24, 2.45) is 0 Å². The standard InChI is InChI=1S/C19H28O4/c1-2-3-15-22-18(20)13-9-4-5-10-14-19(21)23-16-17-11-7-6-8-12-17/h6-8,11-12H,2-5,9-10,13-16H2,1H3. The zero-order chi connectivity index (χ0) is 16.8. The van der Waals surface area contributed by atoms with Crippen LogP contribution in [0.15, 0.2) is 30.3 Å². The number of hydrogen-bond acceptors (Lipinski definition) is 4. The lowest BCUT2D eigenvalue weighted by molar-refractivity contribution is -0.145. The SMILES string of the molecule is CCCCOC(=O)CCCCCCC(=O)OCc1ccccc1. The second-order valence-electron chi connectivity index (χ2n) is 5.63. The van der Waals surface area contributed by atoms with Crippen LogP contribution in [0.4, 0.5) is 0 Å². The summed E-state index contributed by atoms with van der Waals surface area (Å²) in [6.07, 6.45) is 6.38. The van der Waals surface area contributed by atoms with Crippen molar-refractivity contribution in [3.8, 4) is 0 Å². The second kappa shape index (κ2) is 12.7. The van der Waals surface area contributed by atoms with Crippen LogP contribution in [0.3, 0.4) is 0 Å². The summed E-state index contributed by atoms with van der Waals surface area (Å²) in [5, 5.41) is 0. The first-order valence-corrected chi connectivity index (χ1v) is 8.57. The third-order valence-electron chi connectivity index (χ3n) is 3.52. The van der Waals surface area contributed by atoms with E-state index in [1.54, 1.807) is 0 Å². The van der Waals surface area contributed by atoms with E-state index in [-0.39, 0.29) is 11.9 Å². The number of esters is 2. The molecule has 1 aromatic rings. The Kier molecular flexibility index (Phi) is 10.6. The lowest BCUT2D eigenvalue weighted by Gasteiger charge is -2.05. The second-order valence-corrected chi connectivity index (χ2v) is 5.63. The van der Waals surface area contributed by atoms with Crippen LogP contribution in [-0.2, 0) is 25.7 Å². The van der Waals surface area contributed by atoms with Crippen molar-refractivity contribution in [3.63, 3.8) is 0 Å². The predicted molar refractivity (Wildman–Crippen MR) is 89.8 cm³/mol. The number of ether oxygens (including phenoxy) is 2. The topological polar surface area (TPSA) is 52.6 Å². The third-order valence-corrected chi connectivity index (χ3v) is 3.52. The summed E-state index contributed by atoms with van der Waals surface area (Å²) >= 11 is 0. The van der Waals surface area contributed by atoms with Gasteiger partial charge >= 0.3 is 11.9 Å². The van der Waals surface area contributed by atoms with Gasteiger partial charge in [-0.2, -0.15) is 0 Å². The molecule has 0 N–H and O–H groups in total. The molecule has 0 spiro atoms. The average molecular weight is 320 g/mol. The van der Waals surface area contributed by atoms with Crippen LogP contribution in [0.2, 0.25) is 0 Å². The van der Waals surface area contributed by atoms with Crippen molar-refractivity contribution in [3.05, 3.63) is 35.9 Å². The van der Waals surface area contributed by atoms with Gasteiger partial charge in [0.05, 0.1) is 6.61 Å². The van der Waals surface area contributed by atoms with Gasteiger partial charge in [-0.1, -0.05) is 56.5 Å². The molecule has 4 nitrogen and oxygen atoms in total. The normalized spacial score (nSPS) is 10.3. The number of unbranched alkanes of at least 4 members (excludes halogenated alkanes) is 4.